The van der Waals surface area contributed by atoms with E-state index in [0.717, 1.165) is 62.1 Å². The molecule has 1 saturated carbocycles. The number of methoxy groups -OCH3 is 1. The van der Waals surface area contributed by atoms with Crippen molar-refractivity contribution >= 4 is 5.91 Å². The summed E-state index contributed by atoms with van der Waals surface area (Å²) in [7, 11) is 1.63. The monoisotopic (exact) mass is 489 g/mol. The van der Waals surface area contributed by atoms with Crippen LogP contribution in [0.15, 0.2) is 54.6 Å². The minimum atomic E-state index is 0.0819. The molecule has 190 valence electrons. The molecular formula is C29H35N3O4. The van der Waals surface area contributed by atoms with Gasteiger partial charge in [0, 0.05) is 19.1 Å². The number of aromatic nitrogens is 2. The predicted molar refractivity (Wildman–Crippen MR) is 138 cm³/mol. The molecule has 2 heterocycles. The molecule has 7 nitrogen and oxygen atoms in total. The third kappa shape index (κ3) is 5.26. The first kappa shape index (κ1) is 24.4. The van der Waals surface area contributed by atoms with E-state index < -0.39 is 0 Å². The van der Waals surface area contributed by atoms with Gasteiger partial charge in [-0.15, -0.1) is 0 Å². The minimum Gasteiger partial charge on any atom is -0.493 e. The Hall–Kier alpha value is -3.32. The van der Waals surface area contributed by atoms with E-state index in [0.29, 0.717) is 30.5 Å². The smallest absolute Gasteiger partial charge is 0.228 e. The van der Waals surface area contributed by atoms with Crippen LogP contribution in [0.5, 0.6) is 17.4 Å². The number of para-hydroxylation sites is 3. The average Bonchev–Trinajstić information content (AvgIpc) is 3.68. The van der Waals surface area contributed by atoms with Gasteiger partial charge in [0.05, 0.1) is 36.7 Å². The third-order valence-electron chi connectivity index (χ3n) is 7.23. The van der Waals surface area contributed by atoms with Crippen molar-refractivity contribution in [2.45, 2.75) is 58.1 Å². The van der Waals surface area contributed by atoms with Crippen molar-refractivity contribution in [2.75, 3.05) is 20.3 Å². The third-order valence-corrected chi connectivity index (χ3v) is 7.23. The van der Waals surface area contributed by atoms with E-state index in [4.69, 9.17) is 19.3 Å². The lowest BCUT2D eigenvalue weighted by atomic mass is 10.1. The number of aryl methyl sites for hydroxylation is 1. The van der Waals surface area contributed by atoms with Gasteiger partial charge in [0.15, 0.2) is 11.5 Å². The molecule has 36 heavy (non-hydrogen) atoms. The summed E-state index contributed by atoms with van der Waals surface area (Å²) >= 11 is 0. The first-order valence-corrected chi connectivity index (χ1v) is 13.0. The molecular weight excluding hydrogens is 454 g/mol. The van der Waals surface area contributed by atoms with Crippen LogP contribution in [0, 0.1) is 12.8 Å². The van der Waals surface area contributed by atoms with Crippen molar-refractivity contribution in [2.24, 2.45) is 5.92 Å². The molecule has 1 atom stereocenters. The number of carbonyl (C=O) groups excluding carboxylic acids is 1. The molecule has 0 spiro atoms. The molecule has 0 N–H and O–H groups in total. The number of rotatable bonds is 9. The summed E-state index contributed by atoms with van der Waals surface area (Å²) in [5.74, 6) is 2.15. The highest BCUT2D eigenvalue weighted by atomic mass is 16.5. The van der Waals surface area contributed by atoms with Crippen molar-refractivity contribution in [3.05, 3.63) is 65.9 Å². The van der Waals surface area contributed by atoms with E-state index in [1.54, 1.807) is 7.11 Å². The highest BCUT2D eigenvalue weighted by molar-refractivity contribution is 5.79. The van der Waals surface area contributed by atoms with Crippen LogP contribution in [0.1, 0.15) is 49.8 Å². The highest BCUT2D eigenvalue weighted by Gasteiger charge is 2.32. The SMILES string of the molecule is COc1ccccc1Oc1c(CN(C[C@@H]2CCCO2)C(=O)C2CCCC2)c(C)nn1-c1ccccc1. The van der Waals surface area contributed by atoms with E-state index in [1.807, 2.05) is 71.1 Å². The van der Waals surface area contributed by atoms with Gasteiger partial charge in [-0.1, -0.05) is 43.2 Å². The zero-order valence-corrected chi connectivity index (χ0v) is 21.2. The van der Waals surface area contributed by atoms with E-state index in [9.17, 15) is 4.79 Å². The molecule has 0 radical (unpaired) electrons. The largest absolute Gasteiger partial charge is 0.493 e. The lowest BCUT2D eigenvalue weighted by molar-refractivity contribution is -0.137. The molecule has 2 aliphatic rings. The van der Waals surface area contributed by atoms with Crippen LogP contribution in [0.2, 0.25) is 0 Å². The van der Waals surface area contributed by atoms with Crippen molar-refractivity contribution in [1.29, 1.82) is 0 Å². The second-order valence-corrected chi connectivity index (χ2v) is 9.70. The molecule has 1 aromatic heterocycles. The molecule has 1 aliphatic heterocycles. The summed E-state index contributed by atoms with van der Waals surface area (Å²) in [5, 5.41) is 4.86. The molecule has 1 amide bonds. The average molecular weight is 490 g/mol. The van der Waals surface area contributed by atoms with Gasteiger partial charge >= 0.3 is 0 Å². The molecule has 5 rings (SSSR count). The molecule has 1 aliphatic carbocycles. The lowest BCUT2D eigenvalue weighted by Gasteiger charge is -2.28. The second kappa shape index (κ2) is 11.2. The summed E-state index contributed by atoms with van der Waals surface area (Å²) in [6.07, 6.45) is 6.29. The molecule has 3 aromatic rings. The Morgan fingerprint density at radius 3 is 2.44 bits per heavy atom. The summed E-state index contributed by atoms with van der Waals surface area (Å²) in [6, 6.07) is 17.5. The van der Waals surface area contributed by atoms with Crippen LogP contribution in [-0.4, -0.2) is 47.0 Å². The van der Waals surface area contributed by atoms with Gasteiger partial charge in [-0.3, -0.25) is 4.79 Å². The number of ether oxygens (including phenoxy) is 3. The maximum absolute atomic E-state index is 13.7. The summed E-state index contributed by atoms with van der Waals surface area (Å²) in [5.41, 5.74) is 2.62. The normalized spacial score (nSPS) is 17.9. The second-order valence-electron chi connectivity index (χ2n) is 9.70. The molecule has 0 unspecified atom stereocenters. The predicted octanol–water partition coefficient (Wildman–Crippen LogP) is 5.68. The number of hydrogen-bond donors (Lipinski definition) is 0. The first-order valence-electron chi connectivity index (χ1n) is 13.0. The zero-order valence-electron chi connectivity index (χ0n) is 21.2. The quantitative estimate of drug-likeness (QED) is 0.387. The Bertz CT molecular complexity index is 1160. The zero-order chi connectivity index (χ0) is 24.9. The summed E-state index contributed by atoms with van der Waals surface area (Å²) < 4.78 is 19.8. The Morgan fingerprint density at radius 2 is 1.75 bits per heavy atom. The Kier molecular flexibility index (Phi) is 7.56. The number of nitrogens with zero attached hydrogens (tertiary/aromatic N) is 3. The maximum atomic E-state index is 13.7. The molecule has 0 bridgehead atoms. The van der Waals surface area contributed by atoms with Crippen LogP contribution in [-0.2, 0) is 16.1 Å². The van der Waals surface area contributed by atoms with E-state index >= 15 is 0 Å². The number of carbonyl (C=O) groups is 1. The van der Waals surface area contributed by atoms with Crippen molar-refractivity contribution in [3.63, 3.8) is 0 Å². The Balaban J connectivity index is 1.53. The van der Waals surface area contributed by atoms with Crippen LogP contribution < -0.4 is 9.47 Å². The van der Waals surface area contributed by atoms with Crippen molar-refractivity contribution in [3.8, 4) is 23.1 Å². The van der Waals surface area contributed by atoms with Crippen LogP contribution in [0.4, 0.5) is 0 Å². The summed E-state index contributed by atoms with van der Waals surface area (Å²) in [6.45, 7) is 3.77. The maximum Gasteiger partial charge on any atom is 0.228 e. The van der Waals surface area contributed by atoms with Gasteiger partial charge in [-0.05, 0) is 56.9 Å². The van der Waals surface area contributed by atoms with Crippen LogP contribution >= 0.6 is 0 Å². The number of hydrogen-bond acceptors (Lipinski definition) is 5. The van der Waals surface area contributed by atoms with Gasteiger partial charge in [0.2, 0.25) is 11.8 Å². The van der Waals surface area contributed by atoms with Crippen LogP contribution in [0.3, 0.4) is 0 Å². The molecule has 2 aromatic carbocycles. The molecule has 2 fully saturated rings. The van der Waals surface area contributed by atoms with Crippen molar-refractivity contribution < 1.29 is 19.0 Å². The highest BCUT2D eigenvalue weighted by Crippen LogP contribution is 2.37. The molecule has 1 saturated heterocycles. The fourth-order valence-corrected chi connectivity index (χ4v) is 5.27. The fourth-order valence-electron chi connectivity index (χ4n) is 5.27. The lowest BCUT2D eigenvalue weighted by Crippen LogP contribution is -2.40. The molecule has 7 heteroatoms. The summed E-state index contributed by atoms with van der Waals surface area (Å²) in [4.78, 5) is 15.7. The van der Waals surface area contributed by atoms with Crippen molar-refractivity contribution in [1.82, 2.24) is 14.7 Å². The number of benzene rings is 2. The fraction of sp³-hybridized carbons (Fsp3) is 0.448. The Morgan fingerprint density at radius 1 is 1.03 bits per heavy atom. The van der Waals surface area contributed by atoms with Gasteiger partial charge in [-0.2, -0.15) is 5.10 Å². The van der Waals surface area contributed by atoms with Gasteiger partial charge < -0.3 is 19.1 Å². The minimum absolute atomic E-state index is 0.0819. The van der Waals surface area contributed by atoms with Crippen LogP contribution in [0.25, 0.3) is 5.69 Å². The first-order chi connectivity index (χ1) is 17.6. The van der Waals surface area contributed by atoms with Gasteiger partial charge in [0.25, 0.3) is 0 Å². The topological polar surface area (TPSA) is 65.8 Å². The number of amides is 1. The standard InChI is InChI=1S/C29H35N3O4/c1-21-25(20-31(19-24-15-10-18-35-24)28(33)22-11-6-7-12-22)29(32(30-21)23-13-4-3-5-14-23)36-27-17-9-8-16-26(27)34-2/h3-5,8-9,13-14,16-17,22,24H,6-7,10-12,15,18-20H2,1-2H3/t24-/m0/s1. The van der Waals surface area contributed by atoms with E-state index in [-0.39, 0.29) is 17.9 Å². The van der Waals surface area contributed by atoms with Gasteiger partial charge in [0.1, 0.15) is 0 Å². The Labute approximate surface area is 213 Å². The van der Waals surface area contributed by atoms with E-state index in [2.05, 4.69) is 0 Å². The van der Waals surface area contributed by atoms with E-state index in [1.165, 1.54) is 0 Å². The van der Waals surface area contributed by atoms with Gasteiger partial charge in [-0.25, -0.2) is 4.68 Å².